The van der Waals surface area contributed by atoms with Gasteiger partial charge in [-0.25, -0.2) is 9.37 Å². The number of carbonyl (C=O) groups excluding carboxylic acids is 1. The number of nitriles is 1. The normalized spacial score (nSPS) is 10.2. The molecule has 2 rings (SSSR count). The molecule has 7 nitrogen and oxygen atoms in total. The van der Waals surface area contributed by atoms with E-state index in [1.807, 2.05) is 6.07 Å². The van der Waals surface area contributed by atoms with Gasteiger partial charge in [0.2, 0.25) is 5.91 Å². The summed E-state index contributed by atoms with van der Waals surface area (Å²) in [6, 6.07) is 6.69. The van der Waals surface area contributed by atoms with Crippen molar-refractivity contribution in [3.05, 3.63) is 57.0 Å². The van der Waals surface area contributed by atoms with Crippen LogP contribution < -0.4 is 5.32 Å². The van der Waals surface area contributed by atoms with Crippen molar-refractivity contribution >= 4 is 29.0 Å². The van der Waals surface area contributed by atoms with E-state index in [1.165, 1.54) is 0 Å². The van der Waals surface area contributed by atoms with Crippen LogP contribution in [0.5, 0.6) is 0 Å². The fourth-order valence-corrected chi connectivity index (χ4v) is 2.99. The van der Waals surface area contributed by atoms with E-state index in [1.54, 1.807) is 19.9 Å². The first-order valence-electron chi connectivity index (χ1n) is 7.06. The number of pyridine rings is 1. The highest BCUT2D eigenvalue weighted by atomic mass is 32.2. The molecule has 0 radical (unpaired) electrons. The Morgan fingerprint density at radius 1 is 1.44 bits per heavy atom. The predicted octanol–water partition coefficient (Wildman–Crippen LogP) is 3.35. The molecule has 0 bridgehead atoms. The largest absolute Gasteiger partial charge is 0.323 e. The van der Waals surface area contributed by atoms with Gasteiger partial charge in [0.1, 0.15) is 16.9 Å². The number of aromatic nitrogens is 1. The van der Waals surface area contributed by atoms with Crippen LogP contribution in [0.15, 0.2) is 29.3 Å². The molecule has 1 heterocycles. The molecule has 0 unspecified atom stereocenters. The third-order valence-electron chi connectivity index (χ3n) is 3.20. The summed E-state index contributed by atoms with van der Waals surface area (Å²) in [7, 11) is 0. The maximum atomic E-state index is 13.7. The molecular formula is C16H13FN4O3S. The van der Waals surface area contributed by atoms with E-state index in [9.17, 15) is 24.6 Å². The van der Waals surface area contributed by atoms with Crippen LogP contribution in [0.4, 0.5) is 15.8 Å². The van der Waals surface area contributed by atoms with E-state index in [0.29, 0.717) is 16.3 Å². The van der Waals surface area contributed by atoms with Crippen LogP contribution in [0.25, 0.3) is 0 Å². The number of hydrogen-bond donors (Lipinski definition) is 1. The number of hydrogen-bond acceptors (Lipinski definition) is 6. The molecule has 128 valence electrons. The lowest BCUT2D eigenvalue weighted by atomic mass is 10.1. The topological polar surface area (TPSA) is 109 Å². The molecular weight excluding hydrogens is 347 g/mol. The summed E-state index contributed by atoms with van der Waals surface area (Å²) in [5.41, 5.74) is 1.25. The lowest BCUT2D eigenvalue weighted by Crippen LogP contribution is -2.15. The Bertz CT molecular complexity index is 896. The van der Waals surface area contributed by atoms with Crippen LogP contribution in [0.2, 0.25) is 0 Å². The van der Waals surface area contributed by atoms with Crippen LogP contribution in [0.1, 0.15) is 16.8 Å². The number of nitrogens with zero attached hydrogens (tertiary/aromatic N) is 3. The van der Waals surface area contributed by atoms with Crippen molar-refractivity contribution in [2.45, 2.75) is 18.9 Å². The third-order valence-corrected chi connectivity index (χ3v) is 4.17. The zero-order chi connectivity index (χ0) is 18.6. The molecule has 0 aliphatic rings. The number of benzene rings is 1. The maximum absolute atomic E-state index is 13.7. The van der Waals surface area contributed by atoms with Crippen molar-refractivity contribution in [1.82, 2.24) is 4.98 Å². The number of aryl methyl sites for hydroxylation is 2. The number of nitro benzene ring substituents is 1. The minimum atomic E-state index is -0.772. The molecule has 0 saturated heterocycles. The van der Waals surface area contributed by atoms with Crippen LogP contribution in [0.3, 0.4) is 0 Å². The van der Waals surface area contributed by atoms with Crippen molar-refractivity contribution in [3.8, 4) is 6.07 Å². The second-order valence-corrected chi connectivity index (χ2v) is 6.09. The van der Waals surface area contributed by atoms with Gasteiger partial charge in [0.25, 0.3) is 5.69 Å². The summed E-state index contributed by atoms with van der Waals surface area (Å²) in [6.07, 6.45) is 0. The van der Waals surface area contributed by atoms with Crippen LogP contribution in [0, 0.1) is 41.1 Å². The molecule has 1 N–H and O–H groups in total. The fourth-order valence-electron chi connectivity index (χ4n) is 2.09. The number of non-ortho nitro benzene ring substituents is 1. The summed E-state index contributed by atoms with van der Waals surface area (Å²) >= 11 is 1.04. The molecule has 0 fully saturated rings. The smallest absolute Gasteiger partial charge is 0.271 e. The van der Waals surface area contributed by atoms with Crippen LogP contribution >= 0.6 is 11.8 Å². The van der Waals surface area contributed by atoms with Gasteiger partial charge in [0.15, 0.2) is 0 Å². The summed E-state index contributed by atoms with van der Waals surface area (Å²) in [6.45, 7) is 3.55. The first kappa shape index (κ1) is 18.4. The molecule has 1 aromatic heterocycles. The van der Waals surface area contributed by atoms with E-state index in [2.05, 4.69) is 10.3 Å². The first-order valence-corrected chi connectivity index (χ1v) is 8.05. The average Bonchev–Trinajstić information content (AvgIpc) is 2.54. The SMILES string of the molecule is Cc1cc(C)c(C#N)c(SCC(=O)Nc2cc([N+](=O)[O-])ccc2F)n1. The van der Waals surface area contributed by atoms with Gasteiger partial charge < -0.3 is 5.32 Å². The lowest BCUT2D eigenvalue weighted by Gasteiger charge is -2.08. The predicted molar refractivity (Wildman–Crippen MR) is 90.8 cm³/mol. The van der Waals surface area contributed by atoms with Crippen molar-refractivity contribution in [1.29, 1.82) is 5.26 Å². The Kier molecular flexibility index (Phi) is 5.67. The van der Waals surface area contributed by atoms with Crippen molar-refractivity contribution < 1.29 is 14.1 Å². The van der Waals surface area contributed by atoms with Gasteiger partial charge in [0.05, 0.1) is 21.9 Å². The van der Waals surface area contributed by atoms with Gasteiger partial charge in [-0.3, -0.25) is 14.9 Å². The minimum Gasteiger partial charge on any atom is -0.323 e. The van der Waals surface area contributed by atoms with E-state index < -0.39 is 16.6 Å². The molecule has 0 atom stereocenters. The van der Waals surface area contributed by atoms with E-state index in [-0.39, 0.29) is 17.1 Å². The van der Waals surface area contributed by atoms with Gasteiger partial charge in [-0.2, -0.15) is 5.26 Å². The first-order chi connectivity index (χ1) is 11.8. The van der Waals surface area contributed by atoms with Gasteiger partial charge in [-0.05, 0) is 31.5 Å². The highest BCUT2D eigenvalue weighted by Gasteiger charge is 2.15. The number of amides is 1. The molecule has 0 saturated carbocycles. The third kappa shape index (κ3) is 4.51. The molecule has 0 aliphatic carbocycles. The highest BCUT2D eigenvalue weighted by molar-refractivity contribution is 8.00. The highest BCUT2D eigenvalue weighted by Crippen LogP contribution is 2.25. The second-order valence-electron chi connectivity index (χ2n) is 5.13. The number of halogens is 1. The Hall–Kier alpha value is -2.99. The van der Waals surface area contributed by atoms with Gasteiger partial charge in [0, 0.05) is 17.8 Å². The Morgan fingerprint density at radius 2 is 2.16 bits per heavy atom. The molecule has 1 amide bonds. The fraction of sp³-hybridized carbons (Fsp3) is 0.188. The summed E-state index contributed by atoms with van der Waals surface area (Å²) in [5, 5.41) is 22.6. The number of thioether (sulfide) groups is 1. The average molecular weight is 360 g/mol. The Balaban J connectivity index is 2.11. The Labute approximate surface area is 147 Å². The van der Waals surface area contributed by atoms with Crippen LogP contribution in [-0.4, -0.2) is 21.6 Å². The van der Waals surface area contributed by atoms with E-state index >= 15 is 0 Å². The van der Waals surface area contributed by atoms with E-state index in [0.717, 1.165) is 35.5 Å². The van der Waals surface area contributed by atoms with Crippen molar-refractivity contribution in [2.24, 2.45) is 0 Å². The van der Waals surface area contributed by atoms with Crippen molar-refractivity contribution in [3.63, 3.8) is 0 Å². The Morgan fingerprint density at radius 3 is 2.80 bits per heavy atom. The summed E-state index contributed by atoms with van der Waals surface area (Å²) in [5.74, 6) is -1.45. The summed E-state index contributed by atoms with van der Waals surface area (Å²) in [4.78, 5) is 26.3. The second kappa shape index (κ2) is 7.72. The van der Waals surface area contributed by atoms with Gasteiger partial charge >= 0.3 is 0 Å². The monoisotopic (exact) mass is 360 g/mol. The molecule has 25 heavy (non-hydrogen) atoms. The molecule has 1 aromatic carbocycles. The van der Waals surface area contributed by atoms with Crippen LogP contribution in [-0.2, 0) is 4.79 Å². The maximum Gasteiger partial charge on any atom is 0.271 e. The zero-order valence-corrected chi connectivity index (χ0v) is 14.2. The van der Waals surface area contributed by atoms with Crippen molar-refractivity contribution in [2.75, 3.05) is 11.1 Å². The summed E-state index contributed by atoms with van der Waals surface area (Å²) < 4.78 is 13.7. The molecule has 0 spiro atoms. The number of rotatable bonds is 5. The van der Waals surface area contributed by atoms with Gasteiger partial charge in [-0.1, -0.05) is 11.8 Å². The number of carbonyl (C=O) groups is 1. The number of anilines is 1. The quantitative estimate of drug-likeness (QED) is 0.497. The molecule has 2 aromatic rings. The molecule has 0 aliphatic heterocycles. The minimum absolute atomic E-state index is 0.118. The molecule has 9 heteroatoms. The number of nitro groups is 1. The number of nitrogens with one attached hydrogen (secondary N) is 1. The van der Waals surface area contributed by atoms with Gasteiger partial charge in [-0.15, -0.1) is 0 Å². The lowest BCUT2D eigenvalue weighted by molar-refractivity contribution is -0.384. The standard InChI is InChI=1S/C16H13FN4O3S/c1-9-5-10(2)19-16(12(9)7-18)25-8-15(22)20-14-6-11(21(23)24)3-4-13(14)17/h3-6H,8H2,1-2H3,(H,20,22). The zero-order valence-electron chi connectivity index (χ0n) is 13.4. The van der Waals surface area contributed by atoms with E-state index in [4.69, 9.17) is 0 Å².